The van der Waals surface area contributed by atoms with Crippen molar-refractivity contribution < 1.29 is 19.1 Å². The van der Waals surface area contributed by atoms with Crippen LogP contribution in [0, 0.1) is 5.92 Å². The van der Waals surface area contributed by atoms with Crippen LogP contribution in [-0.2, 0) is 14.3 Å². The summed E-state index contributed by atoms with van der Waals surface area (Å²) in [5.41, 5.74) is 0.978. The normalized spacial score (nSPS) is 19.8. The van der Waals surface area contributed by atoms with Crippen molar-refractivity contribution in [3.63, 3.8) is 0 Å². The number of benzene rings is 1. The summed E-state index contributed by atoms with van der Waals surface area (Å²) in [6.07, 6.45) is 4.45. The number of hydrogen-bond acceptors (Lipinski definition) is 5. The third kappa shape index (κ3) is 3.78. The number of methoxy groups -OCH3 is 2. The number of ether oxygens (including phenoxy) is 2. The number of nitrogens with zero attached hydrogens (tertiary/aromatic N) is 1. The summed E-state index contributed by atoms with van der Waals surface area (Å²) < 4.78 is 10.2. The van der Waals surface area contributed by atoms with E-state index in [0.29, 0.717) is 6.42 Å². The number of rotatable bonds is 6. The van der Waals surface area contributed by atoms with Gasteiger partial charge in [0.25, 0.3) is 0 Å². The van der Waals surface area contributed by atoms with E-state index in [1.54, 1.807) is 19.4 Å². The minimum absolute atomic E-state index is 0.0554. The van der Waals surface area contributed by atoms with Gasteiger partial charge >= 0.3 is 5.97 Å². The van der Waals surface area contributed by atoms with Crippen molar-refractivity contribution in [3.8, 4) is 5.75 Å². The molecule has 0 spiro atoms. The standard InChI is InChI=1S/C19H25NO4/c1-5-13(2)18(19(22)24-4)20-11-10-15(21)12-17(20)14-6-8-16(23-3)9-7-14/h6-11,13,17-18H,5,12H2,1-4H3/t13?,17-,18?/m1/s1. The molecule has 0 amide bonds. The largest absolute Gasteiger partial charge is 0.497 e. The molecular formula is C19H25NO4. The van der Waals surface area contributed by atoms with Gasteiger partial charge in [-0.3, -0.25) is 4.79 Å². The van der Waals surface area contributed by atoms with Crippen molar-refractivity contribution in [2.75, 3.05) is 14.2 Å². The first-order valence-corrected chi connectivity index (χ1v) is 8.22. The minimum atomic E-state index is -0.420. The highest BCUT2D eigenvalue weighted by atomic mass is 16.5. The lowest BCUT2D eigenvalue weighted by atomic mass is 9.90. The molecule has 130 valence electrons. The first-order chi connectivity index (χ1) is 11.5. The van der Waals surface area contributed by atoms with E-state index in [2.05, 4.69) is 0 Å². The Morgan fingerprint density at radius 2 is 1.96 bits per heavy atom. The predicted molar refractivity (Wildman–Crippen MR) is 91.6 cm³/mol. The Bertz CT molecular complexity index is 608. The molecule has 0 fully saturated rings. The van der Waals surface area contributed by atoms with Gasteiger partial charge in [0.15, 0.2) is 5.78 Å². The Morgan fingerprint density at radius 3 is 2.50 bits per heavy atom. The van der Waals surface area contributed by atoms with Gasteiger partial charge in [-0.2, -0.15) is 0 Å². The van der Waals surface area contributed by atoms with Crippen LogP contribution in [0.2, 0.25) is 0 Å². The van der Waals surface area contributed by atoms with E-state index in [0.717, 1.165) is 17.7 Å². The van der Waals surface area contributed by atoms with E-state index in [9.17, 15) is 9.59 Å². The Labute approximate surface area is 143 Å². The van der Waals surface area contributed by atoms with Gasteiger partial charge in [0.1, 0.15) is 11.8 Å². The van der Waals surface area contributed by atoms with E-state index in [4.69, 9.17) is 9.47 Å². The third-order valence-electron chi connectivity index (χ3n) is 4.63. The highest BCUT2D eigenvalue weighted by Gasteiger charge is 2.36. The number of ketones is 1. The van der Waals surface area contributed by atoms with Crippen molar-refractivity contribution in [1.29, 1.82) is 0 Å². The Kier molecular flexibility index (Phi) is 6.01. The zero-order valence-electron chi connectivity index (χ0n) is 14.7. The van der Waals surface area contributed by atoms with Crippen molar-refractivity contribution in [3.05, 3.63) is 42.1 Å². The van der Waals surface area contributed by atoms with Gasteiger partial charge in [-0.05, 0) is 29.7 Å². The second-order valence-electron chi connectivity index (χ2n) is 6.08. The van der Waals surface area contributed by atoms with Crippen molar-refractivity contribution >= 4 is 11.8 Å². The molecule has 1 aromatic carbocycles. The number of esters is 1. The van der Waals surface area contributed by atoms with Crippen LogP contribution in [0.1, 0.15) is 38.3 Å². The van der Waals surface area contributed by atoms with E-state index in [-0.39, 0.29) is 23.7 Å². The molecule has 0 aliphatic carbocycles. The molecule has 5 heteroatoms. The number of allylic oxidation sites excluding steroid dienone is 1. The van der Waals surface area contributed by atoms with Crippen molar-refractivity contribution in [2.45, 2.75) is 38.8 Å². The Morgan fingerprint density at radius 1 is 1.29 bits per heavy atom. The minimum Gasteiger partial charge on any atom is -0.497 e. The first kappa shape index (κ1) is 18.0. The van der Waals surface area contributed by atoms with Crippen LogP contribution < -0.4 is 4.74 Å². The van der Waals surface area contributed by atoms with Gasteiger partial charge < -0.3 is 14.4 Å². The number of carbonyl (C=O) groups excluding carboxylic acids is 2. The fourth-order valence-electron chi connectivity index (χ4n) is 3.03. The Hall–Kier alpha value is -2.30. The maximum Gasteiger partial charge on any atom is 0.328 e. The molecule has 0 bridgehead atoms. The second kappa shape index (κ2) is 7.99. The molecule has 0 saturated carbocycles. The molecule has 2 unspecified atom stereocenters. The van der Waals surface area contributed by atoms with E-state index >= 15 is 0 Å². The summed E-state index contributed by atoms with van der Waals surface area (Å²) in [6.45, 7) is 4.07. The van der Waals surface area contributed by atoms with Crippen LogP contribution in [0.4, 0.5) is 0 Å². The van der Waals surface area contributed by atoms with Crippen LogP contribution in [0.3, 0.4) is 0 Å². The van der Waals surface area contributed by atoms with Crippen LogP contribution in [-0.4, -0.2) is 36.9 Å². The molecule has 0 radical (unpaired) electrons. The first-order valence-electron chi connectivity index (χ1n) is 8.22. The molecule has 0 saturated heterocycles. The predicted octanol–water partition coefficient (Wildman–Crippen LogP) is 3.11. The zero-order valence-corrected chi connectivity index (χ0v) is 14.7. The molecule has 5 nitrogen and oxygen atoms in total. The molecule has 1 aliphatic heterocycles. The van der Waals surface area contributed by atoms with Crippen LogP contribution >= 0.6 is 0 Å². The lowest BCUT2D eigenvalue weighted by Crippen LogP contribution is -2.46. The number of carbonyl (C=O) groups is 2. The monoisotopic (exact) mass is 331 g/mol. The van der Waals surface area contributed by atoms with Crippen molar-refractivity contribution in [1.82, 2.24) is 4.90 Å². The molecule has 0 N–H and O–H groups in total. The average molecular weight is 331 g/mol. The van der Waals surface area contributed by atoms with E-state index in [1.807, 2.05) is 43.0 Å². The van der Waals surface area contributed by atoms with Gasteiger partial charge in [0.2, 0.25) is 0 Å². The lowest BCUT2D eigenvalue weighted by molar-refractivity contribution is -0.149. The van der Waals surface area contributed by atoms with Crippen LogP contribution in [0.15, 0.2) is 36.5 Å². The van der Waals surface area contributed by atoms with Crippen molar-refractivity contribution in [2.24, 2.45) is 5.92 Å². The van der Waals surface area contributed by atoms with Gasteiger partial charge in [-0.1, -0.05) is 32.4 Å². The molecule has 1 heterocycles. The summed E-state index contributed by atoms with van der Waals surface area (Å²) in [7, 11) is 3.02. The highest BCUT2D eigenvalue weighted by Crippen LogP contribution is 2.34. The molecule has 0 aromatic heterocycles. The quantitative estimate of drug-likeness (QED) is 0.750. The van der Waals surface area contributed by atoms with Gasteiger partial charge in [0.05, 0.1) is 20.3 Å². The second-order valence-corrected chi connectivity index (χ2v) is 6.08. The number of hydrogen-bond donors (Lipinski definition) is 0. The summed E-state index contributed by atoms with van der Waals surface area (Å²) in [5, 5.41) is 0. The molecule has 3 atom stereocenters. The van der Waals surface area contributed by atoms with Gasteiger partial charge in [0, 0.05) is 12.6 Å². The SMILES string of the molecule is CCC(C)C(C(=O)OC)N1C=CC(=O)C[C@@H]1c1ccc(OC)cc1. The zero-order chi connectivity index (χ0) is 17.7. The molecule has 24 heavy (non-hydrogen) atoms. The van der Waals surface area contributed by atoms with Gasteiger partial charge in [-0.15, -0.1) is 0 Å². The average Bonchev–Trinajstić information content (AvgIpc) is 2.62. The van der Waals surface area contributed by atoms with Gasteiger partial charge in [-0.25, -0.2) is 4.79 Å². The van der Waals surface area contributed by atoms with Crippen LogP contribution in [0.5, 0.6) is 5.75 Å². The molecule has 2 rings (SSSR count). The Balaban J connectivity index is 2.40. The molecular weight excluding hydrogens is 306 g/mol. The smallest absolute Gasteiger partial charge is 0.328 e. The van der Waals surface area contributed by atoms with E-state index in [1.165, 1.54) is 7.11 Å². The topological polar surface area (TPSA) is 55.8 Å². The maximum atomic E-state index is 12.4. The summed E-state index contributed by atoms with van der Waals surface area (Å²) in [5.74, 6) is 0.646. The molecule has 1 aromatic rings. The van der Waals surface area contributed by atoms with E-state index < -0.39 is 6.04 Å². The molecule has 1 aliphatic rings. The fraction of sp³-hybridized carbons (Fsp3) is 0.474. The summed E-state index contributed by atoms with van der Waals surface area (Å²) in [4.78, 5) is 26.3. The fourth-order valence-corrected chi connectivity index (χ4v) is 3.03. The third-order valence-corrected chi connectivity index (χ3v) is 4.63. The maximum absolute atomic E-state index is 12.4. The van der Waals surface area contributed by atoms with Crippen LogP contribution in [0.25, 0.3) is 0 Å². The lowest BCUT2D eigenvalue weighted by Gasteiger charge is -2.40. The summed E-state index contributed by atoms with van der Waals surface area (Å²) >= 11 is 0. The highest BCUT2D eigenvalue weighted by molar-refractivity contribution is 5.91. The summed E-state index contributed by atoms with van der Waals surface area (Å²) in [6, 6.07) is 7.00.